The van der Waals surface area contributed by atoms with E-state index in [-0.39, 0.29) is 0 Å². The molecule has 0 aliphatic carbocycles. The molecule has 0 amide bonds. The molecule has 2 rings (SSSR count). The second-order valence-corrected chi connectivity index (χ2v) is 4.23. The highest BCUT2D eigenvalue weighted by molar-refractivity contribution is 8.00. The maximum atomic E-state index is 2.55. The van der Waals surface area contributed by atoms with Crippen LogP contribution in [0.3, 0.4) is 0 Å². The van der Waals surface area contributed by atoms with Crippen LogP contribution in [0.2, 0.25) is 0 Å². The first-order chi connectivity index (χ1) is 4.33. The fraction of sp³-hybridized carbons (Fsp3) is 1.00. The molecule has 1 spiro atoms. The quantitative estimate of drug-likeness (QED) is 0.501. The van der Waals surface area contributed by atoms with Crippen molar-refractivity contribution in [2.24, 2.45) is 0 Å². The SMILES string of the molecule is CN1CCCC12CSC2. The lowest BCUT2D eigenvalue weighted by Gasteiger charge is -2.43. The van der Waals surface area contributed by atoms with E-state index in [1.165, 1.54) is 30.9 Å². The maximum Gasteiger partial charge on any atom is 0.0387 e. The third kappa shape index (κ3) is 0.729. The number of nitrogens with zero attached hydrogens (tertiary/aromatic N) is 1. The molecule has 0 atom stereocenters. The van der Waals surface area contributed by atoms with Crippen molar-refractivity contribution in [3.05, 3.63) is 0 Å². The summed E-state index contributed by atoms with van der Waals surface area (Å²) in [5.41, 5.74) is 0.671. The van der Waals surface area contributed by atoms with Crippen LogP contribution in [0.1, 0.15) is 12.8 Å². The van der Waals surface area contributed by atoms with Crippen molar-refractivity contribution in [3.63, 3.8) is 0 Å². The molecule has 2 aliphatic heterocycles. The Balaban J connectivity index is 2.09. The van der Waals surface area contributed by atoms with Crippen molar-refractivity contribution in [1.82, 2.24) is 4.90 Å². The van der Waals surface area contributed by atoms with Crippen LogP contribution in [-0.4, -0.2) is 35.5 Å². The summed E-state index contributed by atoms with van der Waals surface area (Å²) in [4.78, 5) is 2.55. The van der Waals surface area contributed by atoms with Gasteiger partial charge in [0, 0.05) is 17.0 Å². The van der Waals surface area contributed by atoms with Gasteiger partial charge in [0.05, 0.1) is 0 Å². The van der Waals surface area contributed by atoms with Crippen molar-refractivity contribution in [2.75, 3.05) is 25.1 Å². The molecular weight excluding hydrogens is 130 g/mol. The van der Waals surface area contributed by atoms with E-state index in [0.717, 1.165) is 0 Å². The van der Waals surface area contributed by atoms with Gasteiger partial charge in [-0.15, -0.1) is 0 Å². The highest BCUT2D eigenvalue weighted by Gasteiger charge is 2.44. The summed E-state index contributed by atoms with van der Waals surface area (Å²) in [6, 6.07) is 0. The number of hydrogen-bond acceptors (Lipinski definition) is 2. The molecule has 0 aromatic carbocycles. The molecule has 0 unspecified atom stereocenters. The molecule has 0 radical (unpaired) electrons. The Morgan fingerprint density at radius 2 is 2.22 bits per heavy atom. The summed E-state index contributed by atoms with van der Waals surface area (Å²) < 4.78 is 0. The van der Waals surface area contributed by atoms with Gasteiger partial charge in [0.1, 0.15) is 0 Å². The lowest BCUT2D eigenvalue weighted by molar-refractivity contribution is 0.216. The largest absolute Gasteiger partial charge is 0.299 e. The van der Waals surface area contributed by atoms with Crippen molar-refractivity contribution in [3.8, 4) is 0 Å². The van der Waals surface area contributed by atoms with Gasteiger partial charge in [-0.25, -0.2) is 0 Å². The molecule has 2 aliphatic rings. The molecule has 0 aromatic heterocycles. The van der Waals surface area contributed by atoms with Crippen molar-refractivity contribution >= 4 is 11.8 Å². The first-order valence-electron chi connectivity index (χ1n) is 3.63. The summed E-state index contributed by atoms with van der Waals surface area (Å²) in [5, 5.41) is 0. The fourth-order valence-electron chi connectivity index (χ4n) is 1.78. The van der Waals surface area contributed by atoms with Gasteiger partial charge in [-0.2, -0.15) is 11.8 Å². The van der Waals surface area contributed by atoms with Crippen LogP contribution in [0.15, 0.2) is 0 Å². The summed E-state index contributed by atoms with van der Waals surface area (Å²) in [6.07, 6.45) is 2.88. The minimum Gasteiger partial charge on any atom is -0.299 e. The summed E-state index contributed by atoms with van der Waals surface area (Å²) >= 11 is 2.10. The minimum atomic E-state index is 0.671. The van der Waals surface area contributed by atoms with Gasteiger partial charge in [0.2, 0.25) is 0 Å². The third-order valence-electron chi connectivity index (χ3n) is 2.69. The van der Waals surface area contributed by atoms with E-state index in [4.69, 9.17) is 0 Å². The predicted octanol–water partition coefficient (Wildman–Crippen LogP) is 1.20. The van der Waals surface area contributed by atoms with Gasteiger partial charge in [0.25, 0.3) is 0 Å². The fourth-order valence-corrected chi connectivity index (χ4v) is 3.18. The molecule has 2 saturated heterocycles. The molecule has 2 heteroatoms. The number of thioether (sulfide) groups is 1. The first kappa shape index (κ1) is 6.05. The second-order valence-electron chi connectivity index (χ2n) is 3.24. The summed E-state index contributed by atoms with van der Waals surface area (Å²) in [6.45, 7) is 1.33. The van der Waals surface area contributed by atoms with E-state index < -0.39 is 0 Å². The molecule has 0 N–H and O–H groups in total. The van der Waals surface area contributed by atoms with Crippen LogP contribution in [-0.2, 0) is 0 Å². The van der Waals surface area contributed by atoms with E-state index >= 15 is 0 Å². The topological polar surface area (TPSA) is 3.24 Å². The Hall–Kier alpha value is 0.310. The average molecular weight is 143 g/mol. The van der Waals surface area contributed by atoms with Crippen LogP contribution >= 0.6 is 11.8 Å². The third-order valence-corrected chi connectivity index (χ3v) is 4.17. The van der Waals surface area contributed by atoms with Gasteiger partial charge in [-0.05, 0) is 26.4 Å². The van der Waals surface area contributed by atoms with E-state index in [9.17, 15) is 0 Å². The maximum absolute atomic E-state index is 2.55. The standard InChI is InChI=1S/C7H13NS/c1-8-4-2-3-7(8)5-9-6-7/h2-6H2,1H3. The average Bonchev–Trinajstić information content (AvgIpc) is 2.07. The summed E-state index contributed by atoms with van der Waals surface area (Å²) in [5.74, 6) is 2.78. The van der Waals surface area contributed by atoms with Gasteiger partial charge in [0.15, 0.2) is 0 Å². The second kappa shape index (κ2) is 1.89. The predicted molar refractivity (Wildman–Crippen MR) is 41.9 cm³/mol. The zero-order valence-corrected chi connectivity index (χ0v) is 6.71. The molecular formula is C7H13NS. The Bertz CT molecular complexity index is 120. The lowest BCUT2D eigenvalue weighted by Crippen LogP contribution is -2.52. The zero-order valence-electron chi connectivity index (χ0n) is 5.89. The van der Waals surface area contributed by atoms with E-state index in [1.54, 1.807) is 0 Å². The van der Waals surface area contributed by atoms with Gasteiger partial charge in [-0.1, -0.05) is 0 Å². The number of rotatable bonds is 0. The zero-order chi connectivity index (χ0) is 6.32. The highest BCUT2D eigenvalue weighted by Crippen LogP contribution is 2.41. The van der Waals surface area contributed by atoms with Crippen LogP contribution in [0.25, 0.3) is 0 Å². The van der Waals surface area contributed by atoms with Crippen molar-refractivity contribution in [1.29, 1.82) is 0 Å². The number of likely N-dealkylation sites (tertiary alicyclic amines) is 1. The number of hydrogen-bond donors (Lipinski definition) is 0. The first-order valence-corrected chi connectivity index (χ1v) is 4.78. The van der Waals surface area contributed by atoms with Crippen LogP contribution in [0.4, 0.5) is 0 Å². The summed E-state index contributed by atoms with van der Waals surface area (Å²) in [7, 11) is 2.27. The normalized spacial score (nSPS) is 33.0. The molecule has 0 aromatic rings. The molecule has 1 nitrogen and oxygen atoms in total. The van der Waals surface area contributed by atoms with E-state index in [1.807, 2.05) is 0 Å². The Labute approximate surface area is 60.8 Å². The molecule has 9 heavy (non-hydrogen) atoms. The van der Waals surface area contributed by atoms with E-state index in [2.05, 4.69) is 23.7 Å². The van der Waals surface area contributed by atoms with Gasteiger partial charge < -0.3 is 0 Å². The minimum absolute atomic E-state index is 0.671. The molecule has 52 valence electrons. The van der Waals surface area contributed by atoms with Crippen LogP contribution < -0.4 is 0 Å². The van der Waals surface area contributed by atoms with E-state index in [0.29, 0.717) is 5.54 Å². The van der Waals surface area contributed by atoms with Gasteiger partial charge >= 0.3 is 0 Å². The van der Waals surface area contributed by atoms with Crippen LogP contribution in [0.5, 0.6) is 0 Å². The van der Waals surface area contributed by atoms with Gasteiger partial charge in [-0.3, -0.25) is 4.90 Å². The Kier molecular flexibility index (Phi) is 1.27. The van der Waals surface area contributed by atoms with Crippen molar-refractivity contribution in [2.45, 2.75) is 18.4 Å². The Morgan fingerprint density at radius 3 is 2.44 bits per heavy atom. The van der Waals surface area contributed by atoms with Crippen LogP contribution in [0, 0.1) is 0 Å². The smallest absolute Gasteiger partial charge is 0.0387 e. The molecule has 0 saturated carbocycles. The monoisotopic (exact) mass is 143 g/mol. The Morgan fingerprint density at radius 1 is 1.44 bits per heavy atom. The molecule has 0 bridgehead atoms. The van der Waals surface area contributed by atoms with Crippen molar-refractivity contribution < 1.29 is 0 Å². The molecule has 2 heterocycles. The molecule has 2 fully saturated rings. The highest BCUT2D eigenvalue weighted by atomic mass is 32.2. The lowest BCUT2D eigenvalue weighted by atomic mass is 10.0.